The SMILES string of the molecule is CCOC(=O)CCCNCC(=O)NCCNC(C)=O. The Balaban J connectivity index is 3.34. The molecule has 0 bridgehead atoms. The molecule has 0 heterocycles. The first kappa shape index (κ1) is 17.4. The zero-order valence-corrected chi connectivity index (χ0v) is 11.6. The highest BCUT2D eigenvalue weighted by Gasteiger charge is 2.02. The van der Waals surface area contributed by atoms with Crippen molar-refractivity contribution in [2.45, 2.75) is 26.7 Å². The van der Waals surface area contributed by atoms with E-state index in [1.165, 1.54) is 6.92 Å². The molecule has 0 unspecified atom stereocenters. The van der Waals surface area contributed by atoms with Crippen LogP contribution in [-0.4, -0.2) is 50.6 Å². The van der Waals surface area contributed by atoms with Crippen molar-refractivity contribution in [3.05, 3.63) is 0 Å². The van der Waals surface area contributed by atoms with E-state index in [-0.39, 0.29) is 24.3 Å². The minimum Gasteiger partial charge on any atom is -0.466 e. The standard InChI is InChI=1S/C12H23N3O4/c1-3-19-12(18)5-4-6-13-9-11(17)15-8-7-14-10(2)16/h13H,3-9H2,1-2H3,(H,14,16)(H,15,17). The minimum absolute atomic E-state index is 0.119. The predicted octanol–water partition coefficient (Wildman–Crippen LogP) is -0.828. The summed E-state index contributed by atoms with van der Waals surface area (Å²) in [4.78, 5) is 32.9. The molecule has 0 aliphatic rings. The largest absolute Gasteiger partial charge is 0.466 e. The smallest absolute Gasteiger partial charge is 0.305 e. The third-order valence-corrected chi connectivity index (χ3v) is 2.15. The molecule has 0 radical (unpaired) electrons. The number of carbonyl (C=O) groups is 3. The van der Waals surface area contributed by atoms with Gasteiger partial charge in [-0.2, -0.15) is 0 Å². The monoisotopic (exact) mass is 273 g/mol. The van der Waals surface area contributed by atoms with E-state index in [9.17, 15) is 14.4 Å². The summed E-state index contributed by atoms with van der Waals surface area (Å²) >= 11 is 0. The van der Waals surface area contributed by atoms with E-state index in [4.69, 9.17) is 4.74 Å². The Hall–Kier alpha value is -1.63. The second-order valence-corrected chi connectivity index (χ2v) is 3.92. The summed E-state index contributed by atoms with van der Waals surface area (Å²) in [7, 11) is 0. The number of nitrogens with one attached hydrogen (secondary N) is 3. The molecule has 0 atom stereocenters. The number of hydrogen-bond acceptors (Lipinski definition) is 5. The van der Waals surface area contributed by atoms with E-state index in [1.807, 2.05) is 0 Å². The molecule has 7 heteroatoms. The first-order valence-electron chi connectivity index (χ1n) is 6.43. The molecule has 0 rings (SSSR count). The average Bonchev–Trinajstić information content (AvgIpc) is 2.34. The number of hydrogen-bond donors (Lipinski definition) is 3. The molecule has 0 aliphatic carbocycles. The lowest BCUT2D eigenvalue weighted by Crippen LogP contribution is -2.38. The molecule has 0 spiro atoms. The van der Waals surface area contributed by atoms with E-state index in [0.29, 0.717) is 39.1 Å². The van der Waals surface area contributed by atoms with Crippen LogP contribution in [0.15, 0.2) is 0 Å². The van der Waals surface area contributed by atoms with Crippen molar-refractivity contribution >= 4 is 17.8 Å². The Labute approximate surface area is 113 Å². The maximum atomic E-state index is 11.3. The van der Waals surface area contributed by atoms with Gasteiger partial charge >= 0.3 is 5.97 Å². The Morgan fingerprint density at radius 3 is 2.37 bits per heavy atom. The summed E-state index contributed by atoms with van der Waals surface area (Å²) in [6, 6.07) is 0. The maximum Gasteiger partial charge on any atom is 0.305 e. The van der Waals surface area contributed by atoms with Gasteiger partial charge in [-0.3, -0.25) is 14.4 Å². The van der Waals surface area contributed by atoms with Crippen molar-refractivity contribution in [1.82, 2.24) is 16.0 Å². The van der Waals surface area contributed by atoms with Crippen molar-refractivity contribution < 1.29 is 19.1 Å². The van der Waals surface area contributed by atoms with Crippen LogP contribution in [-0.2, 0) is 19.1 Å². The van der Waals surface area contributed by atoms with Crippen LogP contribution in [0.4, 0.5) is 0 Å². The molecule has 0 saturated carbocycles. The summed E-state index contributed by atoms with van der Waals surface area (Å²) in [5.74, 6) is -0.475. The topological polar surface area (TPSA) is 96.5 Å². The van der Waals surface area contributed by atoms with Crippen LogP contribution in [0.2, 0.25) is 0 Å². The highest BCUT2D eigenvalue weighted by molar-refractivity contribution is 5.78. The highest BCUT2D eigenvalue weighted by atomic mass is 16.5. The fourth-order valence-corrected chi connectivity index (χ4v) is 1.30. The van der Waals surface area contributed by atoms with Gasteiger partial charge < -0.3 is 20.7 Å². The van der Waals surface area contributed by atoms with Gasteiger partial charge in [0.05, 0.1) is 13.2 Å². The van der Waals surface area contributed by atoms with Gasteiger partial charge in [0.2, 0.25) is 11.8 Å². The van der Waals surface area contributed by atoms with Crippen molar-refractivity contribution in [2.75, 3.05) is 32.8 Å². The van der Waals surface area contributed by atoms with Crippen molar-refractivity contribution in [3.63, 3.8) is 0 Å². The zero-order valence-electron chi connectivity index (χ0n) is 11.6. The molecular weight excluding hydrogens is 250 g/mol. The van der Waals surface area contributed by atoms with Crippen LogP contribution in [0.3, 0.4) is 0 Å². The maximum absolute atomic E-state index is 11.3. The first-order valence-corrected chi connectivity index (χ1v) is 6.43. The van der Waals surface area contributed by atoms with Gasteiger partial charge in [0.15, 0.2) is 0 Å². The van der Waals surface area contributed by atoms with Gasteiger partial charge in [-0.05, 0) is 19.9 Å². The predicted molar refractivity (Wildman–Crippen MR) is 70.4 cm³/mol. The van der Waals surface area contributed by atoms with Gasteiger partial charge in [0.1, 0.15) is 0 Å². The van der Waals surface area contributed by atoms with Gasteiger partial charge in [-0.1, -0.05) is 0 Å². The summed E-state index contributed by atoms with van der Waals surface area (Å²) in [6.45, 7) is 5.19. The number of carbonyl (C=O) groups excluding carboxylic acids is 3. The van der Waals surface area contributed by atoms with Gasteiger partial charge in [0.25, 0.3) is 0 Å². The molecule has 7 nitrogen and oxygen atoms in total. The third kappa shape index (κ3) is 12.6. The van der Waals surface area contributed by atoms with Crippen LogP contribution in [0.5, 0.6) is 0 Å². The molecule has 0 fully saturated rings. The fourth-order valence-electron chi connectivity index (χ4n) is 1.30. The summed E-state index contributed by atoms with van der Waals surface area (Å²) in [6.07, 6.45) is 0.989. The van der Waals surface area contributed by atoms with E-state index in [2.05, 4.69) is 16.0 Å². The molecule has 110 valence electrons. The van der Waals surface area contributed by atoms with Gasteiger partial charge in [0, 0.05) is 26.4 Å². The molecule has 19 heavy (non-hydrogen) atoms. The normalized spacial score (nSPS) is 9.79. The Morgan fingerprint density at radius 2 is 1.74 bits per heavy atom. The van der Waals surface area contributed by atoms with E-state index < -0.39 is 0 Å². The molecule has 2 amide bonds. The van der Waals surface area contributed by atoms with Crippen LogP contribution in [0.25, 0.3) is 0 Å². The van der Waals surface area contributed by atoms with E-state index in [0.717, 1.165) is 0 Å². The molecule has 0 aromatic heterocycles. The molecule has 0 aliphatic heterocycles. The van der Waals surface area contributed by atoms with Crippen molar-refractivity contribution in [2.24, 2.45) is 0 Å². The number of amides is 2. The Bertz CT molecular complexity index is 295. The lowest BCUT2D eigenvalue weighted by Gasteiger charge is -2.07. The van der Waals surface area contributed by atoms with E-state index >= 15 is 0 Å². The molecule has 0 aromatic rings. The lowest BCUT2D eigenvalue weighted by molar-refractivity contribution is -0.143. The minimum atomic E-state index is -0.218. The van der Waals surface area contributed by atoms with Gasteiger partial charge in [-0.25, -0.2) is 0 Å². The van der Waals surface area contributed by atoms with Crippen molar-refractivity contribution in [3.8, 4) is 0 Å². The molecule has 0 aromatic carbocycles. The Morgan fingerprint density at radius 1 is 1.05 bits per heavy atom. The lowest BCUT2D eigenvalue weighted by atomic mass is 10.3. The second kappa shape index (κ2) is 11.5. The third-order valence-electron chi connectivity index (χ3n) is 2.15. The highest BCUT2D eigenvalue weighted by Crippen LogP contribution is 1.90. The number of ether oxygens (including phenoxy) is 1. The van der Waals surface area contributed by atoms with Crippen LogP contribution >= 0.6 is 0 Å². The number of rotatable bonds is 10. The average molecular weight is 273 g/mol. The molecule has 3 N–H and O–H groups in total. The summed E-state index contributed by atoms with van der Waals surface area (Å²) in [5.41, 5.74) is 0. The second-order valence-electron chi connectivity index (χ2n) is 3.92. The zero-order chi connectivity index (χ0) is 14.5. The van der Waals surface area contributed by atoms with Crippen LogP contribution < -0.4 is 16.0 Å². The molecule has 0 saturated heterocycles. The van der Waals surface area contributed by atoms with Gasteiger partial charge in [-0.15, -0.1) is 0 Å². The van der Waals surface area contributed by atoms with Crippen LogP contribution in [0.1, 0.15) is 26.7 Å². The summed E-state index contributed by atoms with van der Waals surface area (Å²) in [5, 5.41) is 8.15. The Kier molecular flexibility index (Phi) is 10.5. The first-order chi connectivity index (χ1) is 9.06. The van der Waals surface area contributed by atoms with E-state index in [1.54, 1.807) is 6.92 Å². The molecular formula is C12H23N3O4. The summed E-state index contributed by atoms with van der Waals surface area (Å²) < 4.78 is 4.77. The quantitative estimate of drug-likeness (QED) is 0.357. The number of esters is 1. The van der Waals surface area contributed by atoms with Crippen LogP contribution in [0, 0.1) is 0 Å². The fraction of sp³-hybridized carbons (Fsp3) is 0.750. The van der Waals surface area contributed by atoms with Crippen molar-refractivity contribution in [1.29, 1.82) is 0 Å².